The van der Waals surface area contributed by atoms with Crippen molar-refractivity contribution < 1.29 is 27.4 Å². The molecule has 0 atom stereocenters. The van der Waals surface area contributed by atoms with Gasteiger partial charge in [0.2, 0.25) is 10.0 Å². The molecule has 0 radical (unpaired) electrons. The van der Waals surface area contributed by atoms with Crippen LogP contribution in [0.5, 0.6) is 17.2 Å². The molecule has 0 saturated carbocycles. The van der Waals surface area contributed by atoms with Gasteiger partial charge >= 0.3 is 0 Å². The van der Waals surface area contributed by atoms with Gasteiger partial charge in [-0.1, -0.05) is 29.3 Å². The SMILES string of the molecule is CCOc1ccc(C(=O)Nc2cc(OC)c(Cl)cc2OC)cc1CN(C)S(=O)(=O)c1ccc(C)cc1. The molecule has 8 nitrogen and oxygen atoms in total. The highest BCUT2D eigenvalue weighted by Crippen LogP contribution is 2.36. The minimum atomic E-state index is -3.75. The predicted octanol–water partition coefficient (Wildman–Crippen LogP) is 5.14. The van der Waals surface area contributed by atoms with E-state index in [0.29, 0.717) is 45.7 Å². The van der Waals surface area contributed by atoms with Gasteiger partial charge in [-0.25, -0.2) is 8.42 Å². The number of carbonyl (C=O) groups excluding carboxylic acids is 1. The Balaban J connectivity index is 1.91. The number of hydrogen-bond donors (Lipinski definition) is 1. The van der Waals surface area contributed by atoms with Gasteiger partial charge in [0, 0.05) is 36.9 Å². The lowest BCUT2D eigenvalue weighted by atomic mass is 10.1. The summed E-state index contributed by atoms with van der Waals surface area (Å²) in [6.07, 6.45) is 0. The van der Waals surface area contributed by atoms with Crippen LogP contribution >= 0.6 is 11.6 Å². The standard InChI is InChI=1S/C26H29ClN2O6S/c1-6-35-23-12-9-18(26(30)28-22-15-24(33-4)21(27)14-25(22)34-5)13-19(23)16-29(3)36(31,32)20-10-7-17(2)8-11-20/h7-15H,6,16H2,1-5H3,(H,28,30). The van der Waals surface area contributed by atoms with Crippen LogP contribution in [-0.2, 0) is 16.6 Å². The van der Waals surface area contributed by atoms with Crippen LogP contribution in [0, 0.1) is 6.92 Å². The van der Waals surface area contributed by atoms with Crippen molar-refractivity contribution in [2.45, 2.75) is 25.3 Å². The molecule has 0 aliphatic rings. The van der Waals surface area contributed by atoms with Crippen LogP contribution < -0.4 is 19.5 Å². The van der Waals surface area contributed by atoms with Crippen LogP contribution in [0.2, 0.25) is 5.02 Å². The van der Waals surface area contributed by atoms with Gasteiger partial charge < -0.3 is 19.5 Å². The summed E-state index contributed by atoms with van der Waals surface area (Å²) < 4.78 is 43.7. The maximum Gasteiger partial charge on any atom is 0.255 e. The zero-order valence-electron chi connectivity index (χ0n) is 20.8. The number of halogens is 1. The average Bonchev–Trinajstić information content (AvgIpc) is 2.86. The molecule has 192 valence electrons. The summed E-state index contributed by atoms with van der Waals surface area (Å²) in [5, 5.41) is 3.14. The van der Waals surface area contributed by atoms with Crippen molar-refractivity contribution in [3.63, 3.8) is 0 Å². The first-order valence-corrected chi connectivity index (χ1v) is 12.9. The molecule has 0 aliphatic carbocycles. The highest BCUT2D eigenvalue weighted by Gasteiger charge is 2.23. The Morgan fingerprint density at radius 1 is 0.972 bits per heavy atom. The molecule has 36 heavy (non-hydrogen) atoms. The molecule has 1 amide bonds. The smallest absolute Gasteiger partial charge is 0.255 e. The Bertz CT molecular complexity index is 1340. The summed E-state index contributed by atoms with van der Waals surface area (Å²) in [7, 11) is 0.672. The molecule has 0 aliphatic heterocycles. The van der Waals surface area contributed by atoms with Gasteiger partial charge in [-0.05, 0) is 44.2 Å². The van der Waals surface area contributed by atoms with Gasteiger partial charge in [0.1, 0.15) is 17.2 Å². The van der Waals surface area contributed by atoms with Gasteiger partial charge in [-0.3, -0.25) is 4.79 Å². The van der Waals surface area contributed by atoms with Gasteiger partial charge in [0.05, 0.1) is 36.4 Å². The first-order valence-electron chi connectivity index (χ1n) is 11.1. The van der Waals surface area contributed by atoms with E-state index in [1.54, 1.807) is 54.6 Å². The van der Waals surface area contributed by atoms with Gasteiger partial charge in [-0.15, -0.1) is 0 Å². The van der Waals surface area contributed by atoms with Crippen LogP contribution in [0.4, 0.5) is 5.69 Å². The minimum absolute atomic E-state index is 0.00471. The maximum absolute atomic E-state index is 13.1. The summed E-state index contributed by atoms with van der Waals surface area (Å²) in [6, 6.07) is 14.6. The molecule has 3 rings (SSSR count). The van der Waals surface area contributed by atoms with Crippen LogP contribution in [0.25, 0.3) is 0 Å². The first kappa shape index (κ1) is 27.3. The molecule has 0 unspecified atom stereocenters. The third kappa shape index (κ3) is 6.10. The average molecular weight is 533 g/mol. The van der Waals surface area contributed by atoms with E-state index in [9.17, 15) is 13.2 Å². The number of hydrogen-bond acceptors (Lipinski definition) is 6. The fourth-order valence-electron chi connectivity index (χ4n) is 3.51. The zero-order valence-corrected chi connectivity index (χ0v) is 22.4. The highest BCUT2D eigenvalue weighted by molar-refractivity contribution is 7.89. The van der Waals surface area contributed by atoms with E-state index in [1.165, 1.54) is 25.6 Å². The van der Waals surface area contributed by atoms with Crippen molar-refractivity contribution >= 4 is 33.2 Å². The van der Waals surface area contributed by atoms with Crippen molar-refractivity contribution in [1.29, 1.82) is 0 Å². The third-order valence-electron chi connectivity index (χ3n) is 5.47. The van der Waals surface area contributed by atoms with E-state index >= 15 is 0 Å². The first-order chi connectivity index (χ1) is 17.1. The number of rotatable bonds is 10. The number of aryl methyl sites for hydroxylation is 1. The lowest BCUT2D eigenvalue weighted by Crippen LogP contribution is -2.27. The number of anilines is 1. The van der Waals surface area contributed by atoms with Crippen molar-refractivity contribution in [2.24, 2.45) is 0 Å². The summed E-state index contributed by atoms with van der Waals surface area (Å²) >= 11 is 6.15. The van der Waals surface area contributed by atoms with E-state index in [1.807, 2.05) is 13.8 Å². The normalized spacial score (nSPS) is 11.3. The van der Waals surface area contributed by atoms with Crippen molar-refractivity contribution in [3.05, 3.63) is 76.3 Å². The summed E-state index contributed by atoms with van der Waals surface area (Å²) in [4.78, 5) is 13.3. The summed E-state index contributed by atoms with van der Waals surface area (Å²) in [5.74, 6) is 0.809. The number of amides is 1. The minimum Gasteiger partial charge on any atom is -0.495 e. The lowest BCUT2D eigenvalue weighted by Gasteiger charge is -2.20. The topological polar surface area (TPSA) is 94.2 Å². The van der Waals surface area contributed by atoms with Gasteiger partial charge in [0.15, 0.2) is 0 Å². The molecule has 0 fully saturated rings. The molecule has 0 bridgehead atoms. The molecule has 0 aromatic heterocycles. The van der Waals surface area contributed by atoms with Crippen LogP contribution in [0.15, 0.2) is 59.5 Å². The third-order valence-corrected chi connectivity index (χ3v) is 7.58. The summed E-state index contributed by atoms with van der Waals surface area (Å²) in [5.41, 5.74) is 2.19. The van der Waals surface area contributed by atoms with E-state index in [4.69, 9.17) is 25.8 Å². The molecule has 3 aromatic rings. The van der Waals surface area contributed by atoms with E-state index in [-0.39, 0.29) is 11.4 Å². The number of sulfonamides is 1. The van der Waals surface area contributed by atoms with Crippen LogP contribution in [0.3, 0.4) is 0 Å². The number of nitrogens with zero attached hydrogens (tertiary/aromatic N) is 1. The fourth-order valence-corrected chi connectivity index (χ4v) is 4.89. The Morgan fingerprint density at radius 3 is 2.25 bits per heavy atom. The van der Waals surface area contributed by atoms with E-state index in [0.717, 1.165) is 5.56 Å². The van der Waals surface area contributed by atoms with E-state index < -0.39 is 15.9 Å². The maximum atomic E-state index is 13.1. The number of methoxy groups -OCH3 is 2. The lowest BCUT2D eigenvalue weighted by molar-refractivity contribution is 0.102. The highest BCUT2D eigenvalue weighted by atomic mass is 35.5. The van der Waals surface area contributed by atoms with Crippen molar-refractivity contribution in [1.82, 2.24) is 4.31 Å². The second-order valence-electron chi connectivity index (χ2n) is 7.97. The van der Waals surface area contributed by atoms with Crippen molar-refractivity contribution in [3.8, 4) is 17.2 Å². The quantitative estimate of drug-likeness (QED) is 0.388. The largest absolute Gasteiger partial charge is 0.495 e. The Morgan fingerprint density at radius 2 is 1.64 bits per heavy atom. The molecule has 10 heteroatoms. The van der Waals surface area contributed by atoms with Crippen molar-refractivity contribution in [2.75, 3.05) is 33.2 Å². The number of benzene rings is 3. The molecule has 3 aromatic carbocycles. The molecular formula is C26H29ClN2O6S. The number of ether oxygens (including phenoxy) is 3. The second-order valence-corrected chi connectivity index (χ2v) is 10.4. The predicted molar refractivity (Wildman–Crippen MR) is 140 cm³/mol. The molecule has 0 heterocycles. The Labute approximate surface area is 216 Å². The molecule has 1 N–H and O–H groups in total. The number of carbonyl (C=O) groups is 1. The summed E-state index contributed by atoms with van der Waals surface area (Å²) in [6.45, 7) is 4.11. The van der Waals surface area contributed by atoms with Gasteiger partial charge in [-0.2, -0.15) is 4.31 Å². The zero-order chi connectivity index (χ0) is 26.5. The van der Waals surface area contributed by atoms with Gasteiger partial charge in [0.25, 0.3) is 5.91 Å². The Hall–Kier alpha value is -3.27. The number of nitrogens with one attached hydrogen (secondary N) is 1. The van der Waals surface area contributed by atoms with E-state index in [2.05, 4.69) is 5.32 Å². The molecule has 0 spiro atoms. The van der Waals surface area contributed by atoms with Crippen LogP contribution in [0.1, 0.15) is 28.4 Å². The monoisotopic (exact) mass is 532 g/mol. The second kappa shape index (κ2) is 11.6. The fraction of sp³-hybridized carbons (Fsp3) is 0.269. The van der Waals surface area contributed by atoms with Crippen LogP contribution in [-0.4, -0.2) is 46.5 Å². The molecular weight excluding hydrogens is 504 g/mol. The molecule has 0 saturated heterocycles. The Kier molecular flexibility index (Phi) is 8.84.